The van der Waals surface area contributed by atoms with Gasteiger partial charge in [0.1, 0.15) is 11.5 Å². The van der Waals surface area contributed by atoms with Crippen LogP contribution in [0.3, 0.4) is 0 Å². The van der Waals surface area contributed by atoms with Gasteiger partial charge in [-0.25, -0.2) is 8.42 Å². The van der Waals surface area contributed by atoms with Crippen LogP contribution in [-0.4, -0.2) is 26.9 Å². The molecular weight excluding hydrogens is 350 g/mol. The number of nitrogens with one attached hydrogen (secondary N) is 1. The van der Waals surface area contributed by atoms with Gasteiger partial charge in [0.25, 0.3) is 0 Å². The van der Waals surface area contributed by atoms with E-state index in [1.54, 1.807) is 19.2 Å². The lowest BCUT2D eigenvalue weighted by Gasteiger charge is -2.20. The Morgan fingerprint density at radius 2 is 1.69 bits per heavy atom. The highest BCUT2D eigenvalue weighted by Gasteiger charge is 2.21. The van der Waals surface area contributed by atoms with Gasteiger partial charge in [0.15, 0.2) is 0 Å². The molecule has 0 aliphatic carbocycles. The number of sulfonamides is 1. The Balaban J connectivity index is 2.45. The highest BCUT2D eigenvalue weighted by Crippen LogP contribution is 2.45. The van der Waals surface area contributed by atoms with E-state index < -0.39 is 10.0 Å². The number of methoxy groups -OCH3 is 1. The van der Waals surface area contributed by atoms with Crippen molar-refractivity contribution < 1.29 is 18.3 Å². The molecule has 0 saturated carbocycles. The number of aromatic hydroxyl groups is 1. The van der Waals surface area contributed by atoms with Crippen molar-refractivity contribution in [1.29, 1.82) is 0 Å². The van der Waals surface area contributed by atoms with Crippen molar-refractivity contribution >= 4 is 26.5 Å². The zero-order valence-corrected chi connectivity index (χ0v) is 15.9. The smallest absolute Gasteiger partial charge is 0.229 e. The van der Waals surface area contributed by atoms with Crippen molar-refractivity contribution in [3.05, 3.63) is 53.6 Å². The van der Waals surface area contributed by atoms with E-state index in [0.29, 0.717) is 22.6 Å². The van der Waals surface area contributed by atoms with E-state index in [-0.39, 0.29) is 5.75 Å². The number of hydrogen-bond donors (Lipinski definition) is 2. The summed E-state index contributed by atoms with van der Waals surface area (Å²) >= 11 is 0. The number of phenols is 1. The number of anilines is 1. The van der Waals surface area contributed by atoms with Crippen LogP contribution in [0.1, 0.15) is 11.1 Å². The van der Waals surface area contributed by atoms with Gasteiger partial charge in [-0.1, -0.05) is 30.3 Å². The number of rotatable bonds is 4. The Bertz CT molecular complexity index is 1100. The molecule has 0 aliphatic heterocycles. The summed E-state index contributed by atoms with van der Waals surface area (Å²) in [5.41, 5.74) is 3.33. The molecule has 0 aromatic heterocycles. The number of benzene rings is 3. The fourth-order valence-corrected chi connectivity index (χ4v) is 3.78. The molecule has 0 saturated heterocycles. The molecule has 2 N–H and O–H groups in total. The molecule has 5 nitrogen and oxygen atoms in total. The maximum Gasteiger partial charge on any atom is 0.229 e. The van der Waals surface area contributed by atoms with Crippen LogP contribution in [0.4, 0.5) is 5.69 Å². The first kappa shape index (κ1) is 18.1. The topological polar surface area (TPSA) is 75.6 Å². The quantitative estimate of drug-likeness (QED) is 0.720. The minimum absolute atomic E-state index is 0.0907. The van der Waals surface area contributed by atoms with Gasteiger partial charge in [-0.05, 0) is 41.8 Å². The zero-order valence-electron chi connectivity index (χ0n) is 15.1. The van der Waals surface area contributed by atoms with Crippen LogP contribution >= 0.6 is 0 Å². The number of ether oxygens (including phenoxy) is 1. The second-order valence-electron chi connectivity index (χ2n) is 6.31. The first-order chi connectivity index (χ1) is 12.2. The van der Waals surface area contributed by atoms with Crippen LogP contribution in [0.15, 0.2) is 42.5 Å². The summed E-state index contributed by atoms with van der Waals surface area (Å²) in [7, 11) is -1.97. The number of fused-ring (bicyclic) bond motifs is 1. The zero-order chi connectivity index (χ0) is 19.1. The molecule has 136 valence electrons. The molecule has 0 radical (unpaired) electrons. The average molecular weight is 371 g/mol. The third-order valence-electron chi connectivity index (χ3n) is 4.52. The Morgan fingerprint density at radius 3 is 2.35 bits per heavy atom. The standard InChI is InChI=1S/C20H21NO4S/c1-12-13(2)19(16(11-18(12)25-3)21-26(4,23)24)20-15-8-6-5-7-14(15)9-10-17(20)22/h5-11,21-22H,1-4H3. The SMILES string of the molecule is COc1cc(NS(C)(=O)=O)c(-c2c(O)ccc3ccccc23)c(C)c1C. The largest absolute Gasteiger partial charge is 0.507 e. The lowest BCUT2D eigenvalue weighted by molar-refractivity contribution is 0.411. The van der Waals surface area contributed by atoms with Crippen LogP contribution in [0.2, 0.25) is 0 Å². The second-order valence-corrected chi connectivity index (χ2v) is 8.05. The van der Waals surface area contributed by atoms with Gasteiger partial charge in [0, 0.05) is 17.2 Å². The number of phenolic OH excluding ortho intramolecular Hbond substituents is 1. The summed E-state index contributed by atoms with van der Waals surface area (Å²) in [6.45, 7) is 3.80. The fraction of sp³-hybridized carbons (Fsp3) is 0.200. The van der Waals surface area contributed by atoms with Crippen LogP contribution < -0.4 is 9.46 Å². The van der Waals surface area contributed by atoms with E-state index in [4.69, 9.17) is 4.74 Å². The van der Waals surface area contributed by atoms with E-state index in [0.717, 1.165) is 28.2 Å². The first-order valence-corrected chi connectivity index (χ1v) is 9.99. The van der Waals surface area contributed by atoms with E-state index in [1.807, 2.05) is 44.2 Å². The maximum absolute atomic E-state index is 11.9. The summed E-state index contributed by atoms with van der Waals surface area (Å²) in [5, 5.41) is 12.4. The molecule has 0 atom stereocenters. The van der Waals surface area contributed by atoms with E-state index in [1.165, 1.54) is 0 Å². The third kappa shape index (κ3) is 3.20. The monoisotopic (exact) mass is 371 g/mol. The molecule has 0 spiro atoms. The Kier molecular flexibility index (Phi) is 4.54. The lowest BCUT2D eigenvalue weighted by atomic mass is 9.90. The summed E-state index contributed by atoms with van der Waals surface area (Å²) in [5.74, 6) is 0.671. The molecule has 3 aromatic carbocycles. The van der Waals surface area contributed by atoms with Crippen molar-refractivity contribution in [3.8, 4) is 22.6 Å². The molecule has 0 unspecified atom stereocenters. The van der Waals surface area contributed by atoms with Gasteiger partial charge in [-0.15, -0.1) is 0 Å². The first-order valence-electron chi connectivity index (χ1n) is 8.10. The highest BCUT2D eigenvalue weighted by molar-refractivity contribution is 7.92. The van der Waals surface area contributed by atoms with Crippen LogP contribution in [0.5, 0.6) is 11.5 Å². The van der Waals surface area contributed by atoms with Gasteiger partial charge in [0.05, 0.1) is 19.1 Å². The van der Waals surface area contributed by atoms with E-state index in [2.05, 4.69) is 4.72 Å². The third-order valence-corrected chi connectivity index (χ3v) is 5.11. The van der Waals surface area contributed by atoms with E-state index in [9.17, 15) is 13.5 Å². The summed E-state index contributed by atoms with van der Waals surface area (Å²) in [6.07, 6.45) is 1.10. The average Bonchev–Trinajstić information content (AvgIpc) is 2.58. The Labute approximate surface area is 153 Å². The highest BCUT2D eigenvalue weighted by atomic mass is 32.2. The molecule has 0 aliphatic rings. The van der Waals surface area contributed by atoms with Crippen molar-refractivity contribution in [2.24, 2.45) is 0 Å². The predicted octanol–water partition coefficient (Wildman–Crippen LogP) is 4.21. The molecule has 6 heteroatoms. The van der Waals surface area contributed by atoms with Crippen LogP contribution in [0.25, 0.3) is 21.9 Å². The number of hydrogen-bond acceptors (Lipinski definition) is 4. The molecule has 0 amide bonds. The summed E-state index contributed by atoms with van der Waals surface area (Å²) in [6, 6.07) is 12.8. The van der Waals surface area contributed by atoms with Gasteiger partial charge in [-0.3, -0.25) is 4.72 Å². The molecular formula is C20H21NO4S. The molecule has 0 fully saturated rings. The predicted molar refractivity (Wildman–Crippen MR) is 106 cm³/mol. The Hall–Kier alpha value is -2.73. The van der Waals surface area contributed by atoms with Crippen LogP contribution in [0, 0.1) is 13.8 Å². The molecule has 3 aromatic rings. The van der Waals surface area contributed by atoms with Crippen LogP contribution in [-0.2, 0) is 10.0 Å². The molecule has 26 heavy (non-hydrogen) atoms. The van der Waals surface area contributed by atoms with Gasteiger partial charge in [0.2, 0.25) is 10.0 Å². The van der Waals surface area contributed by atoms with Gasteiger partial charge < -0.3 is 9.84 Å². The summed E-state index contributed by atoms with van der Waals surface area (Å²) in [4.78, 5) is 0. The van der Waals surface area contributed by atoms with Crippen molar-refractivity contribution in [2.75, 3.05) is 18.1 Å². The lowest BCUT2D eigenvalue weighted by Crippen LogP contribution is -2.12. The minimum atomic E-state index is -3.52. The second kappa shape index (κ2) is 6.53. The van der Waals surface area contributed by atoms with E-state index >= 15 is 0 Å². The van der Waals surface area contributed by atoms with Gasteiger partial charge in [-0.2, -0.15) is 0 Å². The van der Waals surface area contributed by atoms with Crippen molar-refractivity contribution in [1.82, 2.24) is 0 Å². The molecule has 3 rings (SSSR count). The maximum atomic E-state index is 11.9. The minimum Gasteiger partial charge on any atom is -0.507 e. The normalized spacial score (nSPS) is 11.5. The molecule has 0 bridgehead atoms. The van der Waals surface area contributed by atoms with Crippen molar-refractivity contribution in [2.45, 2.75) is 13.8 Å². The fourth-order valence-electron chi connectivity index (χ4n) is 3.22. The summed E-state index contributed by atoms with van der Waals surface area (Å²) < 4.78 is 31.8. The molecule has 0 heterocycles. The Morgan fingerprint density at radius 1 is 1.00 bits per heavy atom. The van der Waals surface area contributed by atoms with Gasteiger partial charge >= 0.3 is 0 Å². The van der Waals surface area contributed by atoms with Crippen molar-refractivity contribution in [3.63, 3.8) is 0 Å².